The molecule has 0 bridgehead atoms. The first kappa shape index (κ1) is 66.8. The Morgan fingerprint density at radius 2 is 0.420 bits per heavy atom. The second-order valence-electron chi connectivity index (χ2n) is 35.1. The van der Waals surface area contributed by atoms with Gasteiger partial charge in [0.1, 0.15) is 24.4 Å². The Kier molecular flexibility index (Phi) is 17.8. The molecule has 2 fully saturated rings. The van der Waals surface area contributed by atoms with E-state index in [0.717, 1.165) is 22.3 Å². The molecule has 0 amide bonds. The van der Waals surface area contributed by atoms with Gasteiger partial charge in [-0.3, -0.25) is 0 Å². The van der Waals surface area contributed by atoms with E-state index >= 15 is 0 Å². The third-order valence-corrected chi connectivity index (χ3v) is 17.8. The summed E-state index contributed by atoms with van der Waals surface area (Å²) in [7, 11) is 0. The van der Waals surface area contributed by atoms with Crippen LogP contribution in [0.1, 0.15) is 307 Å². The van der Waals surface area contributed by atoms with Crippen molar-refractivity contribution >= 4 is 0 Å². The fraction of sp³-hybridized carbons (Fsp3) is 0.680. The Hall–Kier alpha value is -3.36. The van der Waals surface area contributed by atoms with E-state index in [4.69, 9.17) is 18.9 Å². The summed E-state index contributed by atoms with van der Waals surface area (Å²) in [6.07, 6.45) is -5.20. The lowest BCUT2D eigenvalue weighted by Gasteiger charge is -2.65. The number of benzene rings is 4. The average molecular weight is 1110 g/mol. The lowest BCUT2D eigenvalue weighted by Crippen LogP contribution is -2.62. The SMILES string of the molecule is Cc1cc(C(C)(C)C)c(C2OC(C(C)(C)CO)OC(c3c(C(C)(C)C)cc(C)cc3C(C)(C)C)C23C(c2c(C(C)(C)C)cc(C)cc2C(C)(C)C)OC(C(C)(C)CO)OC3c2c(C(C)(C)C)cc(C)cc2C(C)(C)C)c(C(C)(C)C)c1. The molecule has 6 rings (SSSR count). The Balaban J connectivity index is 2.26. The van der Waals surface area contributed by atoms with Gasteiger partial charge in [-0.25, -0.2) is 0 Å². The van der Waals surface area contributed by atoms with Crippen LogP contribution in [0.4, 0.5) is 0 Å². The largest absolute Gasteiger partial charge is 0.396 e. The van der Waals surface area contributed by atoms with Gasteiger partial charge in [-0.1, -0.05) is 265 Å². The van der Waals surface area contributed by atoms with E-state index in [-0.39, 0.29) is 13.2 Å². The summed E-state index contributed by atoms with van der Waals surface area (Å²) in [6.45, 7) is 73.3. The molecular weight excluding hydrogens is 997 g/mol. The van der Waals surface area contributed by atoms with Gasteiger partial charge in [0, 0.05) is 10.8 Å². The van der Waals surface area contributed by atoms with Crippen LogP contribution < -0.4 is 0 Å². The van der Waals surface area contributed by atoms with Crippen LogP contribution in [0.2, 0.25) is 0 Å². The standard InChI is InChI=1S/C75H116O6/c1-43-33-47(65(5,6)7)55(48(34-43)66(8,9)10)59-75(60(79-63(78-59)73(29,30)41-76)56-49(67(11,12)13)35-44(2)36-50(56)68(14,15)16)61(57-51(69(17,18)19)37-45(3)38-52(57)70(20,21)22)80-64(74(31,32)42-77)81-62(75)58-53(71(23,24)25)39-46(4)40-54(58)72(26,27)28/h33-40,59-64,76-77H,41-42H2,1-32H3. The van der Waals surface area contributed by atoms with Crippen LogP contribution in [-0.4, -0.2) is 36.0 Å². The number of aliphatic hydroxyl groups excluding tert-OH is 2. The maximum Gasteiger partial charge on any atom is 0.166 e. The fourth-order valence-electron chi connectivity index (χ4n) is 13.3. The van der Waals surface area contributed by atoms with Gasteiger partial charge in [0.15, 0.2) is 12.6 Å². The molecule has 2 N–H and O–H groups in total. The van der Waals surface area contributed by atoms with Crippen molar-refractivity contribution in [2.24, 2.45) is 16.2 Å². The molecular formula is C75H116O6. The molecule has 4 atom stereocenters. The molecule has 81 heavy (non-hydrogen) atoms. The van der Waals surface area contributed by atoms with E-state index in [0.29, 0.717) is 0 Å². The van der Waals surface area contributed by atoms with E-state index in [1.54, 1.807) is 0 Å². The Labute approximate surface area is 495 Å². The predicted molar refractivity (Wildman–Crippen MR) is 341 cm³/mol. The minimum absolute atomic E-state index is 0.185. The summed E-state index contributed by atoms with van der Waals surface area (Å²) < 4.78 is 33.9. The monoisotopic (exact) mass is 1110 g/mol. The number of hydrogen-bond acceptors (Lipinski definition) is 6. The molecule has 0 aliphatic carbocycles. The summed E-state index contributed by atoms with van der Waals surface area (Å²) in [5.74, 6) is 0. The average Bonchev–Trinajstić information content (AvgIpc) is 3.28. The van der Waals surface area contributed by atoms with E-state index < -0.39 is 96.6 Å². The highest BCUT2D eigenvalue weighted by molar-refractivity contribution is 5.57. The smallest absolute Gasteiger partial charge is 0.166 e. The van der Waals surface area contributed by atoms with Gasteiger partial charge in [-0.05, 0) is 138 Å². The van der Waals surface area contributed by atoms with E-state index in [2.05, 4.69) is 270 Å². The number of hydrogen-bond donors (Lipinski definition) is 2. The van der Waals surface area contributed by atoms with Crippen molar-refractivity contribution in [2.45, 2.75) is 302 Å². The summed E-state index contributed by atoms with van der Waals surface area (Å²) in [5.41, 5.74) is 12.4. The molecule has 2 heterocycles. The Morgan fingerprint density at radius 1 is 0.284 bits per heavy atom. The predicted octanol–water partition coefficient (Wildman–Crippen LogP) is 19.3. The summed E-state index contributed by atoms with van der Waals surface area (Å²) >= 11 is 0. The van der Waals surface area contributed by atoms with Gasteiger partial charge in [0.25, 0.3) is 0 Å². The Morgan fingerprint density at radius 3 is 0.531 bits per heavy atom. The minimum Gasteiger partial charge on any atom is -0.396 e. The van der Waals surface area contributed by atoms with Crippen LogP contribution in [0.15, 0.2) is 48.5 Å². The lowest BCUT2D eigenvalue weighted by molar-refractivity contribution is -0.432. The number of ether oxygens (including phenoxy) is 4. The molecule has 452 valence electrons. The normalized spacial score (nSPS) is 23.4. The van der Waals surface area contributed by atoms with Crippen LogP contribution in [0.5, 0.6) is 0 Å². The first-order valence-electron chi connectivity index (χ1n) is 30.7. The molecule has 1 spiro atoms. The molecule has 2 saturated heterocycles. The van der Waals surface area contributed by atoms with Crippen LogP contribution in [0.25, 0.3) is 0 Å². The van der Waals surface area contributed by atoms with Crippen molar-refractivity contribution in [2.75, 3.05) is 13.2 Å². The van der Waals surface area contributed by atoms with Crippen LogP contribution >= 0.6 is 0 Å². The van der Waals surface area contributed by atoms with Crippen molar-refractivity contribution in [3.05, 3.63) is 138 Å². The zero-order valence-corrected chi connectivity index (χ0v) is 57.5. The summed E-state index contributed by atoms with van der Waals surface area (Å²) in [4.78, 5) is 0. The quantitative estimate of drug-likeness (QED) is 0.183. The van der Waals surface area contributed by atoms with E-state index in [9.17, 15) is 10.2 Å². The summed E-state index contributed by atoms with van der Waals surface area (Å²) in [5, 5.41) is 23.8. The maximum atomic E-state index is 11.9. The molecule has 2 aliphatic rings. The molecule has 4 aromatic rings. The van der Waals surface area contributed by atoms with Gasteiger partial charge in [0.05, 0.1) is 18.6 Å². The van der Waals surface area contributed by atoms with Gasteiger partial charge >= 0.3 is 0 Å². The third kappa shape index (κ3) is 12.8. The molecule has 4 unspecified atom stereocenters. The number of aliphatic hydroxyl groups is 2. The zero-order chi connectivity index (χ0) is 62.1. The maximum absolute atomic E-state index is 11.9. The first-order valence-corrected chi connectivity index (χ1v) is 30.7. The molecule has 0 radical (unpaired) electrons. The fourth-order valence-corrected chi connectivity index (χ4v) is 13.3. The highest BCUT2D eigenvalue weighted by Crippen LogP contribution is 2.74. The van der Waals surface area contributed by atoms with Gasteiger partial charge in [-0.2, -0.15) is 0 Å². The molecule has 0 saturated carbocycles. The highest BCUT2D eigenvalue weighted by atomic mass is 16.7. The number of aryl methyl sites for hydroxylation is 4. The van der Waals surface area contributed by atoms with Gasteiger partial charge < -0.3 is 29.2 Å². The van der Waals surface area contributed by atoms with Crippen molar-refractivity contribution in [1.29, 1.82) is 0 Å². The molecule has 4 aromatic carbocycles. The molecule has 0 aromatic heterocycles. The van der Waals surface area contributed by atoms with Crippen LogP contribution in [-0.2, 0) is 62.3 Å². The van der Waals surface area contributed by atoms with E-state index in [1.807, 2.05) is 0 Å². The molecule has 2 aliphatic heterocycles. The molecule has 6 heteroatoms. The van der Waals surface area contributed by atoms with Gasteiger partial charge in [0.2, 0.25) is 0 Å². The second kappa shape index (κ2) is 21.6. The zero-order valence-electron chi connectivity index (χ0n) is 57.5. The third-order valence-electron chi connectivity index (χ3n) is 17.8. The van der Waals surface area contributed by atoms with Crippen LogP contribution in [0.3, 0.4) is 0 Å². The van der Waals surface area contributed by atoms with Crippen molar-refractivity contribution in [3.8, 4) is 0 Å². The highest BCUT2D eigenvalue weighted by Gasteiger charge is 2.71. The van der Waals surface area contributed by atoms with Crippen molar-refractivity contribution < 1.29 is 29.2 Å². The second-order valence-corrected chi connectivity index (χ2v) is 35.1. The number of rotatable bonds is 8. The Bertz CT molecular complexity index is 2410. The van der Waals surface area contributed by atoms with Crippen molar-refractivity contribution in [1.82, 2.24) is 0 Å². The summed E-state index contributed by atoms with van der Waals surface area (Å²) in [6, 6.07) is 19.3. The van der Waals surface area contributed by atoms with Crippen molar-refractivity contribution in [3.63, 3.8) is 0 Å². The lowest BCUT2D eigenvalue weighted by atomic mass is 9.53. The van der Waals surface area contributed by atoms with Gasteiger partial charge in [-0.15, -0.1) is 0 Å². The minimum atomic E-state index is -1.38. The molecule has 6 nitrogen and oxygen atoms in total. The van der Waals surface area contributed by atoms with Crippen LogP contribution in [0, 0.1) is 43.9 Å². The topological polar surface area (TPSA) is 77.4 Å². The van der Waals surface area contributed by atoms with E-state index in [1.165, 1.54) is 66.8 Å². The first-order chi connectivity index (χ1) is 36.3.